The lowest BCUT2D eigenvalue weighted by molar-refractivity contribution is 0.591. The number of hydrogen-bond acceptors (Lipinski definition) is 1. The van der Waals surface area contributed by atoms with Crippen LogP contribution in [-0.4, -0.2) is 12.6 Å². The lowest BCUT2D eigenvalue weighted by atomic mass is 10.00. The van der Waals surface area contributed by atoms with Gasteiger partial charge in [-0.1, -0.05) is 11.6 Å². The molecule has 1 N–H and O–H groups in total. The highest BCUT2D eigenvalue weighted by atomic mass is 35.5. The van der Waals surface area contributed by atoms with E-state index in [0.29, 0.717) is 11.1 Å². The topological polar surface area (TPSA) is 12.0 Å². The van der Waals surface area contributed by atoms with Crippen LogP contribution >= 0.6 is 11.6 Å². The second-order valence-corrected chi connectivity index (χ2v) is 4.58. The van der Waals surface area contributed by atoms with E-state index in [1.165, 1.54) is 18.9 Å². The molecule has 1 atom stereocenters. The summed E-state index contributed by atoms with van der Waals surface area (Å²) in [5.74, 6) is -0.237. The fourth-order valence-corrected chi connectivity index (χ4v) is 2.33. The van der Waals surface area contributed by atoms with Crippen molar-refractivity contribution in [3.63, 3.8) is 0 Å². The minimum Gasteiger partial charge on any atom is -0.314 e. The second-order valence-electron chi connectivity index (χ2n) is 4.17. The molecule has 15 heavy (non-hydrogen) atoms. The molecule has 1 aliphatic rings. The maximum absolute atomic E-state index is 13.2. The third kappa shape index (κ3) is 2.50. The van der Waals surface area contributed by atoms with E-state index in [0.717, 1.165) is 24.1 Å². The molecule has 82 valence electrons. The Morgan fingerprint density at radius 1 is 1.53 bits per heavy atom. The lowest BCUT2D eigenvalue weighted by Crippen LogP contribution is -2.24. The molecule has 1 aliphatic heterocycles. The monoisotopic (exact) mass is 227 g/mol. The molecule has 0 aliphatic carbocycles. The molecule has 0 bridgehead atoms. The Hall–Kier alpha value is -0.600. The summed E-state index contributed by atoms with van der Waals surface area (Å²) in [6, 6.07) is 3.46. The molecule has 3 heteroatoms. The average Bonchev–Trinajstić information content (AvgIpc) is 2.66. The van der Waals surface area contributed by atoms with Crippen molar-refractivity contribution >= 4 is 11.6 Å². The van der Waals surface area contributed by atoms with Crippen LogP contribution in [0.5, 0.6) is 0 Å². The number of hydrogen-bond donors (Lipinski definition) is 1. The molecule has 1 saturated heterocycles. The van der Waals surface area contributed by atoms with E-state index in [4.69, 9.17) is 11.6 Å². The third-order valence-corrected chi connectivity index (χ3v) is 3.44. The lowest BCUT2D eigenvalue weighted by Gasteiger charge is -2.13. The largest absolute Gasteiger partial charge is 0.314 e. The van der Waals surface area contributed by atoms with E-state index in [1.807, 2.05) is 6.92 Å². The molecule has 2 rings (SSSR count). The summed E-state index contributed by atoms with van der Waals surface area (Å²) in [5.41, 5.74) is 2.03. The predicted octanol–water partition coefficient (Wildman–Crippen LogP) is 3.08. The standard InChI is InChI=1S/C12H15ClFN/c1-8-9(5-10(14)7-12(8)13)6-11-3-2-4-15-11/h5,7,11,15H,2-4,6H2,1H3. The van der Waals surface area contributed by atoms with E-state index in [1.54, 1.807) is 6.07 Å². The van der Waals surface area contributed by atoms with Gasteiger partial charge < -0.3 is 5.32 Å². The first kappa shape index (κ1) is 10.9. The summed E-state index contributed by atoms with van der Waals surface area (Å²) < 4.78 is 13.2. The van der Waals surface area contributed by atoms with Crippen molar-refractivity contribution < 1.29 is 4.39 Å². The summed E-state index contributed by atoms with van der Waals surface area (Å²) in [5, 5.41) is 3.94. The van der Waals surface area contributed by atoms with Crippen LogP contribution in [0.1, 0.15) is 24.0 Å². The zero-order valence-electron chi connectivity index (χ0n) is 8.82. The number of benzene rings is 1. The quantitative estimate of drug-likeness (QED) is 0.819. The zero-order chi connectivity index (χ0) is 10.8. The molecule has 1 nitrogen and oxygen atoms in total. The van der Waals surface area contributed by atoms with Crippen LogP contribution in [0, 0.1) is 12.7 Å². The number of rotatable bonds is 2. The molecule has 1 heterocycles. The third-order valence-electron chi connectivity index (χ3n) is 3.05. The van der Waals surface area contributed by atoms with Gasteiger partial charge >= 0.3 is 0 Å². The summed E-state index contributed by atoms with van der Waals surface area (Å²) in [7, 11) is 0. The Bertz CT molecular complexity index is 359. The van der Waals surface area contributed by atoms with Crippen molar-refractivity contribution in [2.45, 2.75) is 32.2 Å². The molecule has 1 aromatic carbocycles. The summed E-state index contributed by atoms with van der Waals surface area (Å²) in [6.07, 6.45) is 3.27. The van der Waals surface area contributed by atoms with Gasteiger partial charge in [0.05, 0.1) is 0 Å². The van der Waals surface area contributed by atoms with Crippen molar-refractivity contribution in [3.05, 3.63) is 34.1 Å². The van der Waals surface area contributed by atoms with Gasteiger partial charge in [-0.15, -0.1) is 0 Å². The number of halogens is 2. The minimum atomic E-state index is -0.237. The molecular weight excluding hydrogens is 213 g/mol. The molecule has 0 amide bonds. The Morgan fingerprint density at radius 3 is 3.00 bits per heavy atom. The van der Waals surface area contributed by atoms with Gasteiger partial charge in [-0.2, -0.15) is 0 Å². The molecule has 0 saturated carbocycles. The van der Waals surface area contributed by atoms with Crippen LogP contribution < -0.4 is 5.32 Å². The number of nitrogens with one attached hydrogen (secondary N) is 1. The maximum Gasteiger partial charge on any atom is 0.124 e. The molecular formula is C12H15ClFN. The van der Waals surface area contributed by atoms with Gasteiger partial charge in [-0.25, -0.2) is 4.39 Å². The minimum absolute atomic E-state index is 0.237. The van der Waals surface area contributed by atoms with Crippen molar-refractivity contribution in [1.82, 2.24) is 5.32 Å². The molecule has 1 aromatic rings. The Kier molecular flexibility index (Phi) is 3.27. The van der Waals surface area contributed by atoms with E-state index in [-0.39, 0.29) is 5.82 Å². The van der Waals surface area contributed by atoms with Crippen molar-refractivity contribution in [3.8, 4) is 0 Å². The van der Waals surface area contributed by atoms with Gasteiger partial charge in [0.2, 0.25) is 0 Å². The van der Waals surface area contributed by atoms with Gasteiger partial charge in [0.25, 0.3) is 0 Å². The fourth-order valence-electron chi connectivity index (χ4n) is 2.11. The fraction of sp³-hybridized carbons (Fsp3) is 0.500. The van der Waals surface area contributed by atoms with Crippen LogP contribution in [0.25, 0.3) is 0 Å². The van der Waals surface area contributed by atoms with Crippen LogP contribution in [0.4, 0.5) is 4.39 Å². The predicted molar refractivity (Wildman–Crippen MR) is 60.9 cm³/mol. The van der Waals surface area contributed by atoms with Gasteiger partial charge in [0.1, 0.15) is 5.82 Å². The van der Waals surface area contributed by atoms with Gasteiger partial charge in [-0.3, -0.25) is 0 Å². The summed E-state index contributed by atoms with van der Waals surface area (Å²) >= 11 is 5.94. The molecule has 0 radical (unpaired) electrons. The first-order valence-electron chi connectivity index (χ1n) is 5.34. The van der Waals surface area contributed by atoms with Gasteiger partial charge in [0, 0.05) is 11.1 Å². The van der Waals surface area contributed by atoms with Crippen LogP contribution in [0.2, 0.25) is 5.02 Å². The first-order chi connectivity index (χ1) is 7.16. The van der Waals surface area contributed by atoms with Crippen LogP contribution in [0.15, 0.2) is 12.1 Å². The van der Waals surface area contributed by atoms with Crippen molar-refractivity contribution in [2.24, 2.45) is 0 Å². The Balaban J connectivity index is 2.19. The highest BCUT2D eigenvalue weighted by Gasteiger charge is 2.16. The van der Waals surface area contributed by atoms with E-state index < -0.39 is 0 Å². The second kappa shape index (κ2) is 4.50. The average molecular weight is 228 g/mol. The normalized spacial score (nSPS) is 20.9. The smallest absolute Gasteiger partial charge is 0.124 e. The summed E-state index contributed by atoms with van der Waals surface area (Å²) in [4.78, 5) is 0. The van der Waals surface area contributed by atoms with E-state index >= 15 is 0 Å². The highest BCUT2D eigenvalue weighted by Crippen LogP contribution is 2.23. The zero-order valence-corrected chi connectivity index (χ0v) is 9.57. The van der Waals surface area contributed by atoms with Gasteiger partial charge in [-0.05, 0) is 56.0 Å². The van der Waals surface area contributed by atoms with Gasteiger partial charge in [0.15, 0.2) is 0 Å². The maximum atomic E-state index is 13.2. The SMILES string of the molecule is Cc1c(Cl)cc(F)cc1CC1CCCN1. The highest BCUT2D eigenvalue weighted by molar-refractivity contribution is 6.31. The Morgan fingerprint density at radius 2 is 2.33 bits per heavy atom. The summed E-state index contributed by atoms with van der Waals surface area (Å²) in [6.45, 7) is 3.03. The molecule has 0 aromatic heterocycles. The van der Waals surface area contributed by atoms with Crippen LogP contribution in [-0.2, 0) is 6.42 Å². The molecule has 0 spiro atoms. The molecule has 1 fully saturated rings. The van der Waals surface area contributed by atoms with Crippen molar-refractivity contribution in [1.29, 1.82) is 0 Å². The first-order valence-corrected chi connectivity index (χ1v) is 5.72. The van der Waals surface area contributed by atoms with E-state index in [2.05, 4.69) is 5.32 Å². The van der Waals surface area contributed by atoms with Crippen LogP contribution in [0.3, 0.4) is 0 Å². The molecule has 1 unspecified atom stereocenters. The van der Waals surface area contributed by atoms with Crippen molar-refractivity contribution in [2.75, 3.05) is 6.54 Å². The van der Waals surface area contributed by atoms with E-state index in [9.17, 15) is 4.39 Å². The Labute approximate surface area is 94.6 Å².